The summed E-state index contributed by atoms with van der Waals surface area (Å²) in [4.78, 5) is 4.06. The van der Waals surface area contributed by atoms with Gasteiger partial charge in [-0.05, 0) is 18.2 Å². The third kappa shape index (κ3) is 1.77. The summed E-state index contributed by atoms with van der Waals surface area (Å²) < 4.78 is 0. The summed E-state index contributed by atoms with van der Waals surface area (Å²) in [7, 11) is 0. The Labute approximate surface area is 101 Å². The fraction of sp³-hybridized carbons (Fsp3) is 0. The third-order valence-electron chi connectivity index (χ3n) is 2.07. The van der Waals surface area contributed by atoms with Crippen molar-refractivity contribution in [2.45, 2.75) is 0 Å². The number of hydrogen-bond acceptors (Lipinski definition) is 4. The van der Waals surface area contributed by atoms with Crippen LogP contribution in [-0.2, 0) is 0 Å². The molecule has 0 aliphatic carbocycles. The van der Waals surface area contributed by atoms with Crippen LogP contribution in [0, 0.1) is 0 Å². The first-order chi connectivity index (χ1) is 7.63. The Balaban J connectivity index is 2.81. The molecule has 2 aromatic rings. The molecule has 4 nitrogen and oxygen atoms in total. The van der Waals surface area contributed by atoms with Crippen LogP contribution in [0.5, 0.6) is 5.75 Å². The Morgan fingerprint density at radius 3 is 2.69 bits per heavy atom. The largest absolute Gasteiger partial charge is 0.504 e. The number of hydrogen-bond donors (Lipinski definition) is 2. The van der Waals surface area contributed by atoms with Gasteiger partial charge in [-0.25, -0.2) is 4.98 Å². The molecule has 6 heteroatoms. The normalized spacial score (nSPS) is 11.4. The first-order valence-electron chi connectivity index (χ1n) is 4.28. The summed E-state index contributed by atoms with van der Waals surface area (Å²) in [6.45, 7) is 0. The molecule has 0 saturated carbocycles. The highest BCUT2D eigenvalue weighted by Gasteiger charge is 2.10. The van der Waals surface area contributed by atoms with Crippen molar-refractivity contribution in [1.29, 1.82) is 0 Å². The Kier molecular flexibility index (Phi) is 2.85. The zero-order chi connectivity index (χ0) is 11.7. The van der Waals surface area contributed by atoms with Crippen molar-refractivity contribution in [1.82, 2.24) is 4.98 Å². The van der Waals surface area contributed by atoms with Crippen molar-refractivity contribution in [3.05, 3.63) is 33.9 Å². The van der Waals surface area contributed by atoms with Crippen LogP contribution in [0.25, 0.3) is 10.9 Å². The van der Waals surface area contributed by atoms with Crippen molar-refractivity contribution in [2.24, 2.45) is 5.16 Å². The molecule has 0 atom stereocenters. The molecule has 2 N–H and O–H groups in total. The Bertz CT molecular complexity index is 585. The highest BCUT2D eigenvalue weighted by Crippen LogP contribution is 2.35. The number of fused-ring (bicyclic) bond motifs is 1. The molecule has 0 spiro atoms. The maximum absolute atomic E-state index is 9.72. The molecule has 0 aliphatic rings. The molecule has 0 radical (unpaired) electrons. The van der Waals surface area contributed by atoms with Gasteiger partial charge in [0.2, 0.25) is 0 Å². The highest BCUT2D eigenvalue weighted by atomic mass is 35.5. The minimum Gasteiger partial charge on any atom is -0.504 e. The van der Waals surface area contributed by atoms with E-state index < -0.39 is 0 Å². The monoisotopic (exact) mass is 256 g/mol. The summed E-state index contributed by atoms with van der Waals surface area (Å²) in [5.41, 5.74) is 0.665. The molecule has 0 unspecified atom stereocenters. The van der Waals surface area contributed by atoms with Gasteiger partial charge in [0, 0.05) is 5.39 Å². The molecule has 1 aromatic carbocycles. The average Bonchev–Trinajstić information content (AvgIpc) is 2.26. The van der Waals surface area contributed by atoms with Crippen LogP contribution in [0.15, 0.2) is 23.4 Å². The van der Waals surface area contributed by atoms with Crippen LogP contribution >= 0.6 is 23.2 Å². The van der Waals surface area contributed by atoms with Crippen molar-refractivity contribution in [3.63, 3.8) is 0 Å². The molecule has 1 aromatic heterocycles. The lowest BCUT2D eigenvalue weighted by molar-refractivity contribution is 0.321. The molecule has 1 heterocycles. The predicted molar refractivity (Wildman–Crippen MR) is 62.8 cm³/mol. The number of aromatic nitrogens is 1. The van der Waals surface area contributed by atoms with Gasteiger partial charge in [-0.3, -0.25) is 0 Å². The van der Waals surface area contributed by atoms with E-state index in [1.807, 2.05) is 0 Å². The van der Waals surface area contributed by atoms with Gasteiger partial charge in [-0.15, -0.1) is 0 Å². The standard InChI is InChI=1S/C10H6Cl2N2O2/c11-7-3-8(12)10(15)9-6(7)2-1-5(14-9)4-13-16/h1-4,15-16H/b13-4+. The maximum Gasteiger partial charge on any atom is 0.160 e. The second kappa shape index (κ2) is 4.15. The maximum atomic E-state index is 9.72. The summed E-state index contributed by atoms with van der Waals surface area (Å²) in [5, 5.41) is 22.1. The van der Waals surface area contributed by atoms with Gasteiger partial charge >= 0.3 is 0 Å². The predicted octanol–water partition coefficient (Wildman–Crippen LogP) is 3.06. The van der Waals surface area contributed by atoms with Gasteiger partial charge in [0.15, 0.2) is 5.75 Å². The van der Waals surface area contributed by atoms with E-state index >= 15 is 0 Å². The number of pyridine rings is 1. The SMILES string of the molecule is O/N=C/c1ccc2c(Cl)cc(Cl)c(O)c2n1. The van der Waals surface area contributed by atoms with E-state index in [4.69, 9.17) is 28.4 Å². The zero-order valence-corrected chi connectivity index (χ0v) is 9.37. The second-order valence-corrected chi connectivity index (χ2v) is 3.88. The van der Waals surface area contributed by atoms with E-state index in [-0.39, 0.29) is 16.3 Å². The van der Waals surface area contributed by atoms with E-state index in [9.17, 15) is 5.11 Å². The molecule has 2 rings (SSSR count). The molecular formula is C10H6Cl2N2O2. The van der Waals surface area contributed by atoms with Crippen LogP contribution in [0.4, 0.5) is 0 Å². The fourth-order valence-corrected chi connectivity index (χ4v) is 1.87. The smallest absolute Gasteiger partial charge is 0.160 e. The molecule has 0 bridgehead atoms. The second-order valence-electron chi connectivity index (χ2n) is 3.07. The van der Waals surface area contributed by atoms with Gasteiger partial charge in [0.05, 0.1) is 22.0 Å². The first kappa shape index (κ1) is 11.0. The van der Waals surface area contributed by atoms with Gasteiger partial charge in [-0.2, -0.15) is 0 Å². The van der Waals surface area contributed by atoms with Gasteiger partial charge in [0.1, 0.15) is 5.52 Å². The topological polar surface area (TPSA) is 65.7 Å². The number of phenolic OH excluding ortho intramolecular Hbond substituents is 1. The Morgan fingerprint density at radius 1 is 1.25 bits per heavy atom. The lowest BCUT2D eigenvalue weighted by atomic mass is 10.2. The summed E-state index contributed by atoms with van der Waals surface area (Å²) in [5.74, 6) is -0.144. The average molecular weight is 257 g/mol. The molecule has 0 aliphatic heterocycles. The van der Waals surface area contributed by atoms with Crippen LogP contribution in [0.2, 0.25) is 10.0 Å². The van der Waals surface area contributed by atoms with Gasteiger partial charge < -0.3 is 10.3 Å². The Hall–Kier alpha value is -1.52. The highest BCUT2D eigenvalue weighted by molar-refractivity contribution is 6.39. The number of nitrogens with zero attached hydrogens (tertiary/aromatic N) is 2. The Morgan fingerprint density at radius 2 is 2.00 bits per heavy atom. The van der Waals surface area contributed by atoms with E-state index in [0.29, 0.717) is 16.1 Å². The quantitative estimate of drug-likeness (QED) is 0.468. The number of aromatic hydroxyl groups is 1. The molecule has 0 saturated heterocycles. The number of benzene rings is 1. The molecule has 16 heavy (non-hydrogen) atoms. The van der Waals surface area contributed by atoms with E-state index in [1.54, 1.807) is 12.1 Å². The van der Waals surface area contributed by atoms with Gasteiger partial charge in [-0.1, -0.05) is 28.4 Å². The number of halogens is 2. The molecule has 82 valence electrons. The van der Waals surface area contributed by atoms with Crippen LogP contribution in [-0.4, -0.2) is 21.5 Å². The van der Waals surface area contributed by atoms with E-state index in [1.165, 1.54) is 6.07 Å². The van der Waals surface area contributed by atoms with Crippen molar-refractivity contribution < 1.29 is 10.3 Å². The van der Waals surface area contributed by atoms with Crippen molar-refractivity contribution in [2.75, 3.05) is 0 Å². The molecule has 0 amide bonds. The number of rotatable bonds is 1. The lowest BCUT2D eigenvalue weighted by Gasteiger charge is -2.05. The third-order valence-corrected chi connectivity index (χ3v) is 2.67. The van der Waals surface area contributed by atoms with Crippen LogP contribution < -0.4 is 0 Å². The summed E-state index contributed by atoms with van der Waals surface area (Å²) >= 11 is 11.7. The number of phenols is 1. The summed E-state index contributed by atoms with van der Waals surface area (Å²) in [6, 6.07) is 4.72. The fourth-order valence-electron chi connectivity index (χ4n) is 1.35. The van der Waals surface area contributed by atoms with Crippen molar-refractivity contribution >= 4 is 40.3 Å². The first-order valence-corrected chi connectivity index (χ1v) is 5.04. The lowest BCUT2D eigenvalue weighted by Crippen LogP contribution is -1.89. The van der Waals surface area contributed by atoms with E-state index in [0.717, 1.165) is 6.21 Å². The molecule has 0 fully saturated rings. The van der Waals surface area contributed by atoms with E-state index in [2.05, 4.69) is 10.1 Å². The number of oxime groups is 1. The zero-order valence-electron chi connectivity index (χ0n) is 7.85. The van der Waals surface area contributed by atoms with Crippen LogP contribution in [0.1, 0.15) is 5.69 Å². The minimum absolute atomic E-state index is 0.128. The van der Waals surface area contributed by atoms with Crippen molar-refractivity contribution in [3.8, 4) is 5.75 Å². The minimum atomic E-state index is -0.144. The molecular weight excluding hydrogens is 251 g/mol. The summed E-state index contributed by atoms with van der Waals surface area (Å²) in [6.07, 6.45) is 1.15. The van der Waals surface area contributed by atoms with Gasteiger partial charge in [0.25, 0.3) is 0 Å². The van der Waals surface area contributed by atoms with Crippen LogP contribution in [0.3, 0.4) is 0 Å².